The van der Waals surface area contributed by atoms with Crippen LogP contribution in [0.5, 0.6) is 0 Å². The Morgan fingerprint density at radius 1 is 1.38 bits per heavy atom. The Morgan fingerprint density at radius 3 is 2.62 bits per heavy atom. The molecule has 1 heterocycles. The van der Waals surface area contributed by atoms with Crippen LogP contribution in [0.1, 0.15) is 48.0 Å². The largest absolute Gasteiger partial charge is 0.302 e. The van der Waals surface area contributed by atoms with E-state index in [-0.39, 0.29) is 17.9 Å². The number of benzene rings is 1. The van der Waals surface area contributed by atoms with Crippen LogP contribution in [0.3, 0.4) is 0 Å². The van der Waals surface area contributed by atoms with Gasteiger partial charge in [-0.2, -0.15) is 0 Å². The minimum Gasteiger partial charge on any atom is -0.302 e. The van der Waals surface area contributed by atoms with E-state index in [0.29, 0.717) is 10.6 Å². The Labute approximate surface area is 134 Å². The molecular weight excluding hydrogens is 307 g/mol. The van der Waals surface area contributed by atoms with Crippen molar-refractivity contribution in [1.29, 1.82) is 0 Å². The molecule has 2 aromatic rings. The Bertz CT molecular complexity index is 625. The van der Waals surface area contributed by atoms with Crippen LogP contribution in [-0.4, -0.2) is 11.0 Å². The first-order valence-corrected chi connectivity index (χ1v) is 8.29. The van der Waals surface area contributed by atoms with Gasteiger partial charge in [0.1, 0.15) is 10.8 Å². The van der Waals surface area contributed by atoms with Gasteiger partial charge in [-0.15, -0.1) is 11.3 Å². The molecule has 0 amide bonds. The van der Waals surface area contributed by atoms with Crippen LogP contribution in [-0.2, 0) is 6.42 Å². The number of hydrogen-bond acceptors (Lipinski definition) is 3. The highest BCUT2D eigenvalue weighted by molar-refractivity contribution is 7.11. The first kappa shape index (κ1) is 16.4. The lowest BCUT2D eigenvalue weighted by Crippen LogP contribution is -2.29. The monoisotopic (exact) mass is 326 g/mol. The maximum atomic E-state index is 14.3. The fourth-order valence-electron chi connectivity index (χ4n) is 2.26. The average Bonchev–Trinajstić information content (AvgIpc) is 2.77. The molecule has 0 spiro atoms. The molecule has 0 saturated carbocycles. The van der Waals surface area contributed by atoms with Crippen molar-refractivity contribution in [2.24, 2.45) is 0 Å². The van der Waals surface area contributed by atoms with Crippen molar-refractivity contribution in [3.8, 4) is 0 Å². The molecule has 21 heavy (non-hydrogen) atoms. The summed E-state index contributed by atoms with van der Waals surface area (Å²) < 4.78 is 14.3. The molecule has 5 heteroatoms. The van der Waals surface area contributed by atoms with E-state index < -0.39 is 0 Å². The zero-order chi connectivity index (χ0) is 15.6. The summed E-state index contributed by atoms with van der Waals surface area (Å²) >= 11 is 7.48. The van der Waals surface area contributed by atoms with E-state index in [1.807, 2.05) is 13.8 Å². The molecule has 1 N–H and O–H groups in total. The van der Waals surface area contributed by atoms with Gasteiger partial charge in [0.15, 0.2) is 0 Å². The fraction of sp³-hybridized carbons (Fsp3) is 0.438. The highest BCUT2D eigenvalue weighted by Gasteiger charge is 2.23. The second-order valence-corrected chi connectivity index (χ2v) is 7.00. The van der Waals surface area contributed by atoms with Crippen molar-refractivity contribution >= 4 is 22.9 Å². The summed E-state index contributed by atoms with van der Waals surface area (Å²) in [7, 11) is 0. The molecule has 2 nitrogen and oxygen atoms in total. The second-order valence-electron chi connectivity index (χ2n) is 5.33. The third-order valence-corrected chi connectivity index (χ3v) is 4.58. The Hall–Kier alpha value is -0.970. The lowest BCUT2D eigenvalue weighted by atomic mass is 10.1. The van der Waals surface area contributed by atoms with Crippen LogP contribution in [0.25, 0.3) is 0 Å². The molecule has 0 aliphatic rings. The second kappa shape index (κ2) is 6.86. The van der Waals surface area contributed by atoms with Gasteiger partial charge < -0.3 is 5.32 Å². The first-order valence-electron chi connectivity index (χ1n) is 7.09. The molecule has 0 aliphatic heterocycles. The van der Waals surface area contributed by atoms with Gasteiger partial charge in [0.2, 0.25) is 0 Å². The van der Waals surface area contributed by atoms with Gasteiger partial charge in [0.25, 0.3) is 0 Å². The number of nitrogens with zero attached hydrogens (tertiary/aromatic N) is 1. The first-order chi connectivity index (χ1) is 9.92. The molecule has 1 unspecified atom stereocenters. The van der Waals surface area contributed by atoms with Gasteiger partial charge >= 0.3 is 0 Å². The molecule has 0 aliphatic carbocycles. The third kappa shape index (κ3) is 3.82. The normalized spacial score (nSPS) is 12.9. The summed E-state index contributed by atoms with van der Waals surface area (Å²) in [5.41, 5.74) is 1.67. The fourth-order valence-corrected chi connectivity index (χ4v) is 3.51. The van der Waals surface area contributed by atoms with Crippen molar-refractivity contribution in [2.45, 2.75) is 46.2 Å². The van der Waals surface area contributed by atoms with E-state index in [4.69, 9.17) is 11.6 Å². The summed E-state index contributed by atoms with van der Waals surface area (Å²) in [6, 6.07) is 4.79. The lowest BCUT2D eigenvalue weighted by molar-refractivity contribution is 0.501. The van der Waals surface area contributed by atoms with Crippen molar-refractivity contribution in [1.82, 2.24) is 10.3 Å². The van der Waals surface area contributed by atoms with E-state index in [1.54, 1.807) is 23.5 Å². The molecule has 0 radical (unpaired) electrons. The molecule has 0 saturated heterocycles. The lowest BCUT2D eigenvalue weighted by Gasteiger charge is -2.20. The van der Waals surface area contributed by atoms with Crippen molar-refractivity contribution in [3.63, 3.8) is 0 Å². The molecule has 114 valence electrons. The summed E-state index contributed by atoms with van der Waals surface area (Å²) in [5.74, 6) is -0.299. The third-order valence-electron chi connectivity index (χ3n) is 3.26. The zero-order valence-electron chi connectivity index (χ0n) is 12.7. The maximum absolute atomic E-state index is 14.3. The van der Waals surface area contributed by atoms with Crippen LogP contribution in [0.15, 0.2) is 18.2 Å². The zero-order valence-corrected chi connectivity index (χ0v) is 14.3. The van der Waals surface area contributed by atoms with Crippen LogP contribution in [0.2, 0.25) is 5.02 Å². The standard InChI is InChI=1S/C16H20ClFN2S/c1-5-14-10(4)21-16(20-14)15(19-9(2)3)12-7-6-11(17)8-13(12)18/h6-9,15,19H,5H2,1-4H3. The highest BCUT2D eigenvalue weighted by atomic mass is 35.5. The van der Waals surface area contributed by atoms with Crippen LogP contribution in [0.4, 0.5) is 4.39 Å². The van der Waals surface area contributed by atoms with Gasteiger partial charge in [-0.05, 0) is 39.3 Å². The summed E-state index contributed by atoms with van der Waals surface area (Å²) in [6.45, 7) is 8.23. The van der Waals surface area contributed by atoms with Crippen molar-refractivity contribution in [3.05, 3.63) is 50.2 Å². The molecular formula is C16H20ClFN2S. The maximum Gasteiger partial charge on any atom is 0.129 e. The van der Waals surface area contributed by atoms with Gasteiger partial charge in [-0.3, -0.25) is 0 Å². The smallest absolute Gasteiger partial charge is 0.129 e. The number of nitrogens with one attached hydrogen (secondary N) is 1. The SMILES string of the molecule is CCc1nc(C(NC(C)C)c2ccc(Cl)cc2F)sc1C. The predicted octanol–water partition coefficient (Wildman–Crippen LogP) is 4.89. The van der Waals surface area contributed by atoms with Gasteiger partial charge in [0, 0.05) is 21.5 Å². The van der Waals surface area contributed by atoms with E-state index in [0.717, 1.165) is 17.1 Å². The Kier molecular flexibility index (Phi) is 5.36. The minimum atomic E-state index is -0.299. The molecule has 1 aromatic heterocycles. The van der Waals surface area contributed by atoms with E-state index in [1.165, 1.54) is 10.9 Å². The van der Waals surface area contributed by atoms with E-state index >= 15 is 0 Å². The molecule has 1 atom stereocenters. The van der Waals surface area contributed by atoms with Gasteiger partial charge in [-0.1, -0.05) is 24.6 Å². The van der Waals surface area contributed by atoms with Gasteiger partial charge in [-0.25, -0.2) is 9.37 Å². The number of thiazole rings is 1. The quantitative estimate of drug-likeness (QED) is 0.845. The van der Waals surface area contributed by atoms with Gasteiger partial charge in [0.05, 0.1) is 11.7 Å². The number of hydrogen-bond donors (Lipinski definition) is 1. The van der Waals surface area contributed by atoms with Crippen molar-refractivity contribution in [2.75, 3.05) is 0 Å². The van der Waals surface area contributed by atoms with Crippen LogP contribution in [0, 0.1) is 12.7 Å². The number of halogens is 2. The number of rotatable bonds is 5. The Balaban J connectivity index is 2.46. The number of aromatic nitrogens is 1. The summed E-state index contributed by atoms with van der Waals surface area (Å²) in [6.07, 6.45) is 0.889. The molecule has 2 rings (SSSR count). The minimum absolute atomic E-state index is 0.222. The molecule has 0 fully saturated rings. The highest BCUT2D eigenvalue weighted by Crippen LogP contribution is 2.31. The average molecular weight is 327 g/mol. The van der Waals surface area contributed by atoms with Crippen LogP contribution >= 0.6 is 22.9 Å². The summed E-state index contributed by atoms with van der Waals surface area (Å²) in [5, 5.41) is 4.71. The van der Waals surface area contributed by atoms with Crippen molar-refractivity contribution < 1.29 is 4.39 Å². The topological polar surface area (TPSA) is 24.9 Å². The van der Waals surface area contributed by atoms with E-state index in [2.05, 4.69) is 24.1 Å². The molecule has 0 bridgehead atoms. The van der Waals surface area contributed by atoms with Crippen LogP contribution < -0.4 is 5.32 Å². The Morgan fingerprint density at radius 2 is 2.10 bits per heavy atom. The number of aryl methyl sites for hydroxylation is 2. The predicted molar refractivity (Wildman–Crippen MR) is 87.8 cm³/mol. The summed E-state index contributed by atoms with van der Waals surface area (Å²) in [4.78, 5) is 5.87. The molecule has 1 aromatic carbocycles. The van der Waals surface area contributed by atoms with E-state index in [9.17, 15) is 4.39 Å².